The lowest BCUT2D eigenvalue weighted by molar-refractivity contribution is -0.112. The molecule has 0 heterocycles. The molecule has 0 saturated heterocycles. The number of hydrogen-bond acceptors (Lipinski definition) is 4. The van der Waals surface area contributed by atoms with E-state index in [4.69, 9.17) is 0 Å². The molecule has 0 aromatic heterocycles. The van der Waals surface area contributed by atoms with Gasteiger partial charge in [-0.2, -0.15) is 10.2 Å². The van der Waals surface area contributed by atoms with Crippen molar-refractivity contribution >= 4 is 24.2 Å². The lowest BCUT2D eigenvalue weighted by atomic mass is 10.7. The quantitative estimate of drug-likeness (QED) is 0.351. The number of nitrogens with two attached hydrogens (primary N) is 2. The molecule has 0 rings (SSSR count). The molecule has 0 aliphatic heterocycles. The minimum Gasteiger partial charge on any atom is -0.365 e. The molecule has 54 valence electrons. The highest BCUT2D eigenvalue weighted by atomic mass is 16.1. The summed E-state index contributed by atoms with van der Waals surface area (Å²) >= 11 is 0. The van der Waals surface area contributed by atoms with E-state index in [1.807, 2.05) is 0 Å². The van der Waals surface area contributed by atoms with Crippen LogP contribution in [-0.2, 0) is 9.59 Å². The zero-order chi connectivity index (χ0) is 7.98. The summed E-state index contributed by atoms with van der Waals surface area (Å²) in [6.45, 7) is 0. The van der Waals surface area contributed by atoms with Crippen molar-refractivity contribution in [3.05, 3.63) is 0 Å². The molecule has 0 saturated carbocycles. The molecule has 0 aromatic rings. The Morgan fingerprint density at radius 1 is 1.00 bits per heavy atom. The van der Waals surface area contributed by atoms with Crippen LogP contribution in [0.2, 0.25) is 0 Å². The topological polar surface area (TPSA) is 111 Å². The lowest BCUT2D eigenvalue weighted by Gasteiger charge is -1.75. The number of carbonyl (C=O) groups excluding carboxylic acids is 2. The van der Waals surface area contributed by atoms with Gasteiger partial charge >= 0.3 is 0 Å². The van der Waals surface area contributed by atoms with E-state index < -0.39 is 11.8 Å². The fourth-order valence-corrected chi connectivity index (χ4v) is 0.180. The molecule has 0 aliphatic carbocycles. The average Bonchev–Trinajstić information content (AvgIpc) is 1.79. The minimum absolute atomic E-state index is 0.735. The van der Waals surface area contributed by atoms with Gasteiger partial charge in [-0.15, -0.1) is 0 Å². The molecule has 6 heteroatoms. The second kappa shape index (κ2) is 4.19. The third-order valence-corrected chi connectivity index (χ3v) is 0.437. The van der Waals surface area contributed by atoms with Crippen LogP contribution in [0.4, 0.5) is 0 Å². The number of carbonyl (C=O) groups is 2. The Labute approximate surface area is 56.6 Å². The maximum Gasteiger partial charge on any atom is 0.261 e. The van der Waals surface area contributed by atoms with E-state index in [1.54, 1.807) is 0 Å². The summed E-state index contributed by atoms with van der Waals surface area (Å²) in [6, 6.07) is 0. The highest BCUT2D eigenvalue weighted by molar-refractivity contribution is 6.27. The first-order valence-electron chi connectivity index (χ1n) is 2.28. The smallest absolute Gasteiger partial charge is 0.261 e. The maximum atomic E-state index is 9.93. The molecule has 2 amide bonds. The summed E-state index contributed by atoms with van der Waals surface area (Å²) in [6.07, 6.45) is 1.53. The van der Waals surface area contributed by atoms with Crippen LogP contribution >= 0.6 is 0 Å². The van der Waals surface area contributed by atoms with Crippen LogP contribution in [0.1, 0.15) is 0 Å². The van der Waals surface area contributed by atoms with Crippen LogP contribution in [0.25, 0.3) is 0 Å². The SMILES string of the molecule is NC(=O)/C=N/N=C/C(N)=O. The molecule has 0 aliphatic rings. The average molecular weight is 142 g/mol. The predicted octanol–water partition coefficient (Wildman–Crippen LogP) is -1.99. The first kappa shape index (κ1) is 8.28. The van der Waals surface area contributed by atoms with Gasteiger partial charge in [-0.3, -0.25) is 9.59 Å². The van der Waals surface area contributed by atoms with E-state index in [9.17, 15) is 9.59 Å². The molecule has 0 aromatic carbocycles. The van der Waals surface area contributed by atoms with E-state index in [1.165, 1.54) is 0 Å². The third kappa shape index (κ3) is 6.28. The fourth-order valence-electron chi connectivity index (χ4n) is 0.180. The Morgan fingerprint density at radius 3 is 1.50 bits per heavy atom. The van der Waals surface area contributed by atoms with E-state index in [2.05, 4.69) is 21.7 Å². The predicted molar refractivity (Wildman–Crippen MR) is 35.4 cm³/mol. The molecule has 0 radical (unpaired) electrons. The molecular formula is C4H6N4O2. The Hall–Kier alpha value is -1.72. The van der Waals surface area contributed by atoms with Gasteiger partial charge < -0.3 is 11.5 Å². The summed E-state index contributed by atoms with van der Waals surface area (Å²) < 4.78 is 0. The summed E-state index contributed by atoms with van der Waals surface area (Å²) in [5.74, 6) is -1.47. The molecule has 0 fully saturated rings. The summed E-state index contributed by atoms with van der Waals surface area (Å²) in [5.41, 5.74) is 9.26. The Morgan fingerprint density at radius 2 is 1.30 bits per heavy atom. The van der Waals surface area contributed by atoms with Gasteiger partial charge in [0.1, 0.15) is 12.4 Å². The monoisotopic (exact) mass is 142 g/mol. The van der Waals surface area contributed by atoms with Crippen molar-refractivity contribution in [1.82, 2.24) is 0 Å². The summed E-state index contributed by atoms with van der Waals surface area (Å²) in [7, 11) is 0. The largest absolute Gasteiger partial charge is 0.365 e. The number of primary amides is 2. The zero-order valence-electron chi connectivity index (χ0n) is 5.02. The molecule has 0 unspecified atom stereocenters. The normalized spacial score (nSPS) is 10.8. The molecule has 0 spiro atoms. The highest BCUT2D eigenvalue weighted by Crippen LogP contribution is 1.64. The number of rotatable bonds is 3. The van der Waals surface area contributed by atoms with Crippen molar-refractivity contribution in [3.8, 4) is 0 Å². The minimum atomic E-state index is -0.735. The summed E-state index contributed by atoms with van der Waals surface area (Å²) in [4.78, 5) is 19.9. The van der Waals surface area contributed by atoms with Crippen molar-refractivity contribution in [3.63, 3.8) is 0 Å². The van der Waals surface area contributed by atoms with Gasteiger partial charge in [-0.05, 0) is 0 Å². The second-order valence-electron chi connectivity index (χ2n) is 1.29. The van der Waals surface area contributed by atoms with Crippen molar-refractivity contribution in [2.75, 3.05) is 0 Å². The summed E-state index contributed by atoms with van der Waals surface area (Å²) in [5, 5.41) is 6.16. The van der Waals surface area contributed by atoms with Gasteiger partial charge in [0.05, 0.1) is 0 Å². The van der Waals surface area contributed by atoms with Crippen LogP contribution < -0.4 is 11.5 Å². The van der Waals surface area contributed by atoms with Gasteiger partial charge in [0.25, 0.3) is 11.8 Å². The van der Waals surface area contributed by atoms with Gasteiger partial charge in [0, 0.05) is 0 Å². The Bertz CT molecular complexity index is 173. The third-order valence-electron chi connectivity index (χ3n) is 0.437. The van der Waals surface area contributed by atoms with Crippen molar-refractivity contribution in [2.45, 2.75) is 0 Å². The fraction of sp³-hybridized carbons (Fsp3) is 0. The van der Waals surface area contributed by atoms with E-state index in [-0.39, 0.29) is 0 Å². The molecule has 0 atom stereocenters. The van der Waals surface area contributed by atoms with Crippen LogP contribution in [0.5, 0.6) is 0 Å². The van der Waals surface area contributed by atoms with Crippen LogP contribution in [-0.4, -0.2) is 24.2 Å². The van der Waals surface area contributed by atoms with E-state index in [0.717, 1.165) is 12.4 Å². The number of amides is 2. The zero-order valence-corrected chi connectivity index (χ0v) is 5.02. The Balaban J connectivity index is 3.73. The maximum absolute atomic E-state index is 9.93. The first-order valence-corrected chi connectivity index (χ1v) is 2.28. The molecule has 6 nitrogen and oxygen atoms in total. The van der Waals surface area contributed by atoms with E-state index >= 15 is 0 Å². The van der Waals surface area contributed by atoms with Crippen molar-refractivity contribution in [2.24, 2.45) is 21.7 Å². The van der Waals surface area contributed by atoms with Crippen LogP contribution in [0.3, 0.4) is 0 Å². The number of nitrogens with zero attached hydrogens (tertiary/aromatic N) is 2. The van der Waals surface area contributed by atoms with Gasteiger partial charge in [-0.1, -0.05) is 0 Å². The van der Waals surface area contributed by atoms with Gasteiger partial charge in [0.2, 0.25) is 0 Å². The Kier molecular flexibility index (Phi) is 3.47. The molecule has 0 bridgehead atoms. The molecule has 10 heavy (non-hydrogen) atoms. The standard InChI is InChI=1S/C4H6N4O2/c5-3(9)1-7-8-2-4(6)10/h1-2H,(H2,5,9)(H2,6,10)/b7-1+,8-2+. The van der Waals surface area contributed by atoms with Gasteiger partial charge in [-0.25, -0.2) is 0 Å². The highest BCUT2D eigenvalue weighted by Gasteiger charge is 1.82. The first-order chi connectivity index (χ1) is 4.63. The number of hydrogen-bond donors (Lipinski definition) is 2. The van der Waals surface area contributed by atoms with Crippen molar-refractivity contribution in [1.29, 1.82) is 0 Å². The van der Waals surface area contributed by atoms with Crippen LogP contribution in [0, 0.1) is 0 Å². The van der Waals surface area contributed by atoms with E-state index in [0.29, 0.717) is 0 Å². The molecular weight excluding hydrogens is 136 g/mol. The van der Waals surface area contributed by atoms with Crippen LogP contribution in [0.15, 0.2) is 10.2 Å². The van der Waals surface area contributed by atoms with Crippen molar-refractivity contribution < 1.29 is 9.59 Å². The second-order valence-corrected chi connectivity index (χ2v) is 1.29. The molecule has 4 N–H and O–H groups in total. The lowest BCUT2D eigenvalue weighted by Crippen LogP contribution is -2.12. The van der Waals surface area contributed by atoms with Gasteiger partial charge in [0.15, 0.2) is 0 Å².